The van der Waals surface area contributed by atoms with Gasteiger partial charge >= 0.3 is 0 Å². The van der Waals surface area contributed by atoms with Crippen molar-refractivity contribution in [3.8, 4) is 11.9 Å². The molecular formula is C9H8F2N2O2. The van der Waals surface area contributed by atoms with Crippen LogP contribution < -0.4 is 4.74 Å². The van der Waals surface area contributed by atoms with Gasteiger partial charge in [0.25, 0.3) is 6.43 Å². The second-order valence-electron chi connectivity index (χ2n) is 2.67. The van der Waals surface area contributed by atoms with E-state index in [1.807, 2.05) is 0 Å². The Hall–Kier alpha value is -1.74. The van der Waals surface area contributed by atoms with E-state index in [2.05, 4.69) is 9.72 Å². The predicted molar refractivity (Wildman–Crippen MR) is 46.4 cm³/mol. The highest BCUT2D eigenvalue weighted by Gasteiger charge is 2.18. The van der Waals surface area contributed by atoms with Crippen LogP contribution in [-0.4, -0.2) is 17.2 Å². The molecule has 0 saturated heterocycles. The summed E-state index contributed by atoms with van der Waals surface area (Å²) in [6.45, 7) is -0.514. The van der Waals surface area contributed by atoms with E-state index in [1.54, 1.807) is 6.07 Å². The van der Waals surface area contributed by atoms with Gasteiger partial charge in [-0.2, -0.15) is 5.26 Å². The van der Waals surface area contributed by atoms with Gasteiger partial charge in [0.1, 0.15) is 11.8 Å². The van der Waals surface area contributed by atoms with Crippen LogP contribution >= 0.6 is 0 Å². The summed E-state index contributed by atoms with van der Waals surface area (Å²) in [7, 11) is 1.19. The molecule has 0 spiro atoms. The summed E-state index contributed by atoms with van der Waals surface area (Å²) in [5.41, 5.74) is -0.479. The van der Waals surface area contributed by atoms with Gasteiger partial charge < -0.3 is 9.84 Å². The summed E-state index contributed by atoms with van der Waals surface area (Å²) in [6.07, 6.45) is -2.76. The van der Waals surface area contributed by atoms with Crippen molar-refractivity contribution < 1.29 is 18.6 Å². The Morgan fingerprint density at radius 3 is 2.73 bits per heavy atom. The number of hydrogen-bond acceptors (Lipinski definition) is 4. The lowest BCUT2D eigenvalue weighted by atomic mass is 10.1. The summed E-state index contributed by atoms with van der Waals surface area (Å²) in [6, 6.07) is 2.71. The van der Waals surface area contributed by atoms with Crippen molar-refractivity contribution in [2.75, 3.05) is 7.11 Å². The van der Waals surface area contributed by atoms with Gasteiger partial charge in [-0.1, -0.05) is 0 Å². The first-order valence-electron chi connectivity index (χ1n) is 4.01. The van der Waals surface area contributed by atoms with Crippen LogP contribution in [0.1, 0.15) is 23.2 Å². The van der Waals surface area contributed by atoms with Gasteiger partial charge in [-0.05, 0) is 6.07 Å². The zero-order valence-electron chi connectivity index (χ0n) is 7.87. The SMILES string of the molecule is COc1nc(C#N)c(CO)cc1C(F)F. The van der Waals surface area contributed by atoms with Crippen LogP contribution in [0.5, 0.6) is 5.88 Å². The number of alkyl halides is 2. The lowest BCUT2D eigenvalue weighted by Gasteiger charge is -2.09. The topological polar surface area (TPSA) is 66.1 Å². The molecule has 0 bridgehead atoms. The lowest BCUT2D eigenvalue weighted by molar-refractivity contribution is 0.145. The number of hydrogen-bond donors (Lipinski definition) is 1. The molecule has 0 saturated carbocycles. The van der Waals surface area contributed by atoms with E-state index in [0.29, 0.717) is 0 Å². The Labute approximate surface area is 84.7 Å². The third-order valence-electron chi connectivity index (χ3n) is 1.80. The number of pyridine rings is 1. The zero-order chi connectivity index (χ0) is 11.4. The van der Waals surface area contributed by atoms with Crippen LogP contribution in [0, 0.1) is 11.3 Å². The van der Waals surface area contributed by atoms with Crippen LogP contribution in [0.4, 0.5) is 8.78 Å². The predicted octanol–water partition coefficient (Wildman–Crippen LogP) is 1.39. The fraction of sp³-hybridized carbons (Fsp3) is 0.333. The first-order chi connectivity index (χ1) is 7.13. The lowest BCUT2D eigenvalue weighted by Crippen LogP contribution is -2.02. The standard InChI is InChI=1S/C9H8F2N2O2/c1-15-9-6(8(10)11)2-5(4-14)7(3-12)13-9/h2,8,14H,4H2,1H3. The minimum atomic E-state index is -2.76. The monoisotopic (exact) mass is 214 g/mol. The number of aromatic nitrogens is 1. The van der Waals surface area contributed by atoms with Crippen molar-refractivity contribution in [1.82, 2.24) is 4.98 Å². The quantitative estimate of drug-likeness (QED) is 0.825. The number of aliphatic hydroxyl groups excluding tert-OH is 1. The molecular weight excluding hydrogens is 206 g/mol. The molecule has 15 heavy (non-hydrogen) atoms. The van der Waals surface area contributed by atoms with Gasteiger partial charge in [0, 0.05) is 5.56 Å². The van der Waals surface area contributed by atoms with Crippen molar-refractivity contribution in [1.29, 1.82) is 5.26 Å². The first-order valence-corrected chi connectivity index (χ1v) is 4.01. The molecule has 0 aliphatic heterocycles. The normalized spacial score (nSPS) is 10.1. The summed E-state index contributed by atoms with van der Waals surface area (Å²) in [5.74, 6) is -0.293. The summed E-state index contributed by atoms with van der Waals surface area (Å²) in [5, 5.41) is 17.5. The maximum atomic E-state index is 12.5. The molecule has 0 amide bonds. The molecule has 80 valence electrons. The van der Waals surface area contributed by atoms with Crippen LogP contribution in [0.2, 0.25) is 0 Å². The van der Waals surface area contributed by atoms with E-state index in [9.17, 15) is 8.78 Å². The number of rotatable bonds is 3. The molecule has 6 heteroatoms. The number of halogens is 2. The van der Waals surface area contributed by atoms with Crippen LogP contribution in [0.25, 0.3) is 0 Å². The number of nitrogens with zero attached hydrogens (tertiary/aromatic N) is 2. The van der Waals surface area contributed by atoms with E-state index < -0.39 is 18.6 Å². The second-order valence-corrected chi connectivity index (χ2v) is 2.67. The zero-order valence-corrected chi connectivity index (χ0v) is 7.87. The largest absolute Gasteiger partial charge is 0.481 e. The van der Waals surface area contributed by atoms with Crippen molar-refractivity contribution in [3.05, 3.63) is 22.9 Å². The molecule has 4 nitrogen and oxygen atoms in total. The van der Waals surface area contributed by atoms with Gasteiger partial charge in [0.15, 0.2) is 0 Å². The molecule has 0 aliphatic rings. The van der Waals surface area contributed by atoms with Gasteiger partial charge in [0.2, 0.25) is 5.88 Å². The molecule has 0 aliphatic carbocycles. The first kappa shape index (κ1) is 11.3. The Balaban J connectivity index is 3.36. The third kappa shape index (κ3) is 2.19. The average Bonchev–Trinajstić information content (AvgIpc) is 2.26. The number of methoxy groups -OCH3 is 1. The second kappa shape index (κ2) is 4.66. The molecule has 1 N–H and O–H groups in total. The van der Waals surface area contributed by atoms with E-state index in [-0.39, 0.29) is 17.1 Å². The van der Waals surface area contributed by atoms with Crippen LogP contribution in [0.3, 0.4) is 0 Å². The fourth-order valence-corrected chi connectivity index (χ4v) is 1.09. The van der Waals surface area contributed by atoms with Crippen molar-refractivity contribution in [2.45, 2.75) is 13.0 Å². The molecule has 1 aromatic rings. The van der Waals surface area contributed by atoms with Crippen LogP contribution in [-0.2, 0) is 6.61 Å². The molecule has 0 aromatic carbocycles. The van der Waals surface area contributed by atoms with Gasteiger partial charge in [-0.15, -0.1) is 0 Å². The summed E-state index contributed by atoms with van der Waals surface area (Å²) >= 11 is 0. The number of ether oxygens (including phenoxy) is 1. The smallest absolute Gasteiger partial charge is 0.269 e. The highest BCUT2D eigenvalue weighted by atomic mass is 19.3. The Morgan fingerprint density at radius 2 is 2.33 bits per heavy atom. The summed E-state index contributed by atoms with van der Waals surface area (Å²) in [4.78, 5) is 3.58. The van der Waals surface area contributed by atoms with Crippen molar-refractivity contribution >= 4 is 0 Å². The highest BCUT2D eigenvalue weighted by Crippen LogP contribution is 2.29. The molecule has 0 unspecified atom stereocenters. The molecule has 0 radical (unpaired) electrons. The third-order valence-corrected chi connectivity index (χ3v) is 1.80. The maximum absolute atomic E-state index is 12.5. The van der Waals surface area contributed by atoms with Crippen molar-refractivity contribution in [3.63, 3.8) is 0 Å². The minimum absolute atomic E-state index is 0.0635. The minimum Gasteiger partial charge on any atom is -0.481 e. The molecule has 1 heterocycles. The van der Waals surface area contributed by atoms with E-state index in [0.717, 1.165) is 6.07 Å². The Morgan fingerprint density at radius 1 is 1.67 bits per heavy atom. The van der Waals surface area contributed by atoms with Gasteiger partial charge in [-0.25, -0.2) is 13.8 Å². The van der Waals surface area contributed by atoms with E-state index in [4.69, 9.17) is 10.4 Å². The Bertz CT molecular complexity index is 402. The molecule has 1 aromatic heterocycles. The molecule has 0 atom stereocenters. The average molecular weight is 214 g/mol. The van der Waals surface area contributed by atoms with Crippen molar-refractivity contribution in [2.24, 2.45) is 0 Å². The van der Waals surface area contributed by atoms with Crippen LogP contribution in [0.15, 0.2) is 6.07 Å². The highest BCUT2D eigenvalue weighted by molar-refractivity contribution is 5.40. The maximum Gasteiger partial charge on any atom is 0.269 e. The van der Waals surface area contributed by atoms with Gasteiger partial charge in [0.05, 0.1) is 19.3 Å². The number of nitriles is 1. The van der Waals surface area contributed by atoms with E-state index in [1.165, 1.54) is 7.11 Å². The fourth-order valence-electron chi connectivity index (χ4n) is 1.09. The summed E-state index contributed by atoms with van der Waals surface area (Å²) < 4.78 is 29.6. The molecule has 0 fully saturated rings. The van der Waals surface area contributed by atoms with Gasteiger partial charge in [-0.3, -0.25) is 0 Å². The Kier molecular flexibility index (Phi) is 3.52. The molecule has 1 rings (SSSR count). The van der Waals surface area contributed by atoms with E-state index >= 15 is 0 Å². The number of aliphatic hydroxyl groups is 1.